The molecule has 1 aromatic carbocycles. The lowest BCUT2D eigenvalue weighted by Gasteiger charge is -2.21. The van der Waals surface area contributed by atoms with Crippen LogP contribution in [0.3, 0.4) is 0 Å². The maximum atomic E-state index is 13.0. The van der Waals surface area contributed by atoms with Gasteiger partial charge in [0.15, 0.2) is 0 Å². The summed E-state index contributed by atoms with van der Waals surface area (Å²) in [6.45, 7) is 2.10. The van der Waals surface area contributed by atoms with E-state index in [2.05, 4.69) is 0 Å². The lowest BCUT2D eigenvalue weighted by molar-refractivity contribution is -0.141. The monoisotopic (exact) mass is 472 g/mol. The first-order valence-electron chi connectivity index (χ1n) is 10.3. The number of imide groups is 1. The van der Waals surface area contributed by atoms with Crippen molar-refractivity contribution in [3.05, 3.63) is 52.4 Å². The summed E-state index contributed by atoms with van der Waals surface area (Å²) in [5.41, 5.74) is 1.88. The van der Waals surface area contributed by atoms with Crippen molar-refractivity contribution in [1.82, 2.24) is 9.80 Å². The number of carboxylic acid groups (broad SMARTS) is 1. The third kappa shape index (κ3) is 5.72. The molecule has 168 valence electrons. The molecule has 2 aliphatic heterocycles. The number of benzene rings is 1. The number of hydrogen-bond donors (Lipinski definition) is 1. The number of thiocarbonyl (C=S) groups is 1. The number of carbonyl (C=O) groups is 4. The van der Waals surface area contributed by atoms with E-state index in [4.69, 9.17) is 17.3 Å². The Labute approximate surface area is 196 Å². The molecule has 0 saturated carbocycles. The van der Waals surface area contributed by atoms with Gasteiger partial charge in [-0.15, -0.1) is 0 Å². The van der Waals surface area contributed by atoms with Crippen LogP contribution in [0.1, 0.15) is 44.6 Å². The number of nitrogens with zero attached hydrogens (tertiary/aromatic N) is 2. The molecule has 1 N–H and O–H groups in total. The highest BCUT2D eigenvalue weighted by molar-refractivity contribution is 8.26. The topological polar surface area (TPSA) is 95.0 Å². The lowest BCUT2D eigenvalue weighted by Crippen LogP contribution is -2.44. The number of amides is 3. The summed E-state index contributed by atoms with van der Waals surface area (Å²) in [6, 6.07) is 8.79. The highest BCUT2D eigenvalue weighted by atomic mass is 32.2. The quantitative estimate of drug-likeness (QED) is 0.254. The number of aliphatic carboxylic acids is 1. The minimum Gasteiger partial charge on any atom is -0.481 e. The Morgan fingerprint density at radius 1 is 1.19 bits per heavy atom. The Morgan fingerprint density at radius 3 is 2.59 bits per heavy atom. The summed E-state index contributed by atoms with van der Waals surface area (Å²) in [4.78, 5) is 51.7. The van der Waals surface area contributed by atoms with Crippen LogP contribution in [-0.2, 0) is 19.2 Å². The standard InChI is InChI=1S/C23H24N2O5S2/c1-15(12-16-8-4-2-5-9-16)13-18-22(30)25(23(31)32-18)17-14-19(26)24(21(17)29)11-7-3-6-10-20(27)28/h2,4-5,8-9,12-13,17H,3,6-7,10-11,14H2,1H3,(H,27,28)/b15-12+,18-13-/t17-/m1/s1. The molecule has 9 heteroatoms. The fourth-order valence-corrected chi connectivity index (χ4v) is 5.04. The Kier molecular flexibility index (Phi) is 7.98. The predicted octanol–water partition coefficient (Wildman–Crippen LogP) is 3.61. The predicted molar refractivity (Wildman–Crippen MR) is 126 cm³/mol. The summed E-state index contributed by atoms with van der Waals surface area (Å²) in [7, 11) is 0. The first kappa shape index (κ1) is 23.9. The van der Waals surface area contributed by atoms with Gasteiger partial charge in [0.1, 0.15) is 10.4 Å². The second-order valence-corrected chi connectivity index (χ2v) is 9.33. The second-order valence-electron chi connectivity index (χ2n) is 7.66. The van der Waals surface area contributed by atoms with E-state index < -0.39 is 17.9 Å². The SMILES string of the molecule is CC(/C=C1\SC(=S)N([C@@H]2CC(=O)N(CCCCCC(=O)O)C2=O)C1=O)=C\c1ccccc1. The number of likely N-dealkylation sites (tertiary alicyclic amines) is 1. The molecule has 0 radical (unpaired) electrons. The fraction of sp³-hybridized carbons (Fsp3) is 0.348. The van der Waals surface area contributed by atoms with Gasteiger partial charge in [0.25, 0.3) is 11.8 Å². The fourth-order valence-electron chi connectivity index (χ4n) is 3.63. The molecular weight excluding hydrogens is 448 g/mol. The number of allylic oxidation sites excluding steroid dienone is 2. The minimum absolute atomic E-state index is 0.0610. The number of thioether (sulfide) groups is 1. The first-order chi connectivity index (χ1) is 15.3. The van der Waals surface area contributed by atoms with Gasteiger partial charge in [-0.2, -0.15) is 0 Å². The average Bonchev–Trinajstić information content (AvgIpc) is 3.16. The summed E-state index contributed by atoms with van der Waals surface area (Å²) < 4.78 is 0.267. The van der Waals surface area contributed by atoms with Crippen LogP contribution in [0.5, 0.6) is 0 Å². The van der Waals surface area contributed by atoms with Gasteiger partial charge in [0.05, 0.1) is 11.3 Å². The van der Waals surface area contributed by atoms with E-state index in [0.29, 0.717) is 24.2 Å². The molecule has 1 atom stereocenters. The maximum absolute atomic E-state index is 13.0. The molecule has 2 heterocycles. The normalized spacial score (nSPS) is 20.7. The van der Waals surface area contributed by atoms with Crippen LogP contribution in [0.25, 0.3) is 6.08 Å². The van der Waals surface area contributed by atoms with Gasteiger partial charge < -0.3 is 5.11 Å². The van der Waals surface area contributed by atoms with Crippen molar-refractivity contribution in [2.75, 3.05) is 6.54 Å². The van der Waals surface area contributed by atoms with E-state index in [0.717, 1.165) is 27.8 Å². The first-order valence-corrected chi connectivity index (χ1v) is 11.6. The van der Waals surface area contributed by atoms with Crippen molar-refractivity contribution < 1.29 is 24.3 Å². The van der Waals surface area contributed by atoms with Crippen LogP contribution >= 0.6 is 24.0 Å². The summed E-state index contributed by atoms with van der Waals surface area (Å²) in [5, 5.41) is 8.69. The van der Waals surface area contributed by atoms with Gasteiger partial charge in [0.2, 0.25) is 5.91 Å². The van der Waals surface area contributed by atoms with Gasteiger partial charge in [-0.3, -0.25) is 29.0 Å². The number of hydrogen-bond acceptors (Lipinski definition) is 6. The molecule has 2 aliphatic rings. The van der Waals surface area contributed by atoms with E-state index in [-0.39, 0.29) is 35.5 Å². The Bertz CT molecular complexity index is 1000. The summed E-state index contributed by atoms with van der Waals surface area (Å²) in [5.74, 6) is -2.00. The summed E-state index contributed by atoms with van der Waals surface area (Å²) >= 11 is 6.49. The maximum Gasteiger partial charge on any atom is 0.303 e. The van der Waals surface area contributed by atoms with Crippen LogP contribution in [-0.4, -0.2) is 55.5 Å². The third-order valence-corrected chi connectivity index (χ3v) is 6.51. The van der Waals surface area contributed by atoms with E-state index in [9.17, 15) is 19.2 Å². The molecule has 1 aromatic rings. The molecule has 3 rings (SSSR count). The number of carbonyl (C=O) groups excluding carboxylic acids is 3. The second kappa shape index (κ2) is 10.7. The largest absolute Gasteiger partial charge is 0.481 e. The molecule has 0 aromatic heterocycles. The molecule has 3 amide bonds. The van der Waals surface area contributed by atoms with Crippen LogP contribution in [0.15, 0.2) is 46.9 Å². The van der Waals surface area contributed by atoms with Gasteiger partial charge >= 0.3 is 5.97 Å². The van der Waals surface area contributed by atoms with Crippen molar-refractivity contribution in [2.24, 2.45) is 0 Å². The highest BCUT2D eigenvalue weighted by Gasteiger charge is 2.48. The molecular formula is C23H24N2O5S2. The molecule has 7 nitrogen and oxygen atoms in total. The van der Waals surface area contributed by atoms with Crippen molar-refractivity contribution >= 4 is 58.1 Å². The van der Waals surface area contributed by atoms with Crippen LogP contribution < -0.4 is 0 Å². The van der Waals surface area contributed by atoms with Gasteiger partial charge in [-0.25, -0.2) is 0 Å². The van der Waals surface area contributed by atoms with E-state index in [1.807, 2.05) is 43.3 Å². The molecule has 2 fully saturated rings. The molecule has 0 unspecified atom stereocenters. The van der Waals surface area contributed by atoms with Gasteiger partial charge in [0, 0.05) is 13.0 Å². The molecule has 0 aliphatic carbocycles. The van der Waals surface area contributed by atoms with Crippen molar-refractivity contribution in [3.63, 3.8) is 0 Å². The zero-order valence-electron chi connectivity index (χ0n) is 17.7. The van der Waals surface area contributed by atoms with E-state index in [1.54, 1.807) is 6.08 Å². The minimum atomic E-state index is -0.918. The van der Waals surface area contributed by atoms with Crippen molar-refractivity contribution in [2.45, 2.75) is 45.1 Å². The molecule has 32 heavy (non-hydrogen) atoms. The Hall–Kier alpha value is -2.78. The molecule has 2 saturated heterocycles. The Morgan fingerprint density at radius 2 is 1.91 bits per heavy atom. The zero-order valence-corrected chi connectivity index (χ0v) is 19.3. The number of rotatable bonds is 9. The number of carboxylic acids is 1. The smallest absolute Gasteiger partial charge is 0.303 e. The lowest BCUT2D eigenvalue weighted by atomic mass is 10.1. The van der Waals surface area contributed by atoms with Crippen LogP contribution in [0.2, 0.25) is 0 Å². The van der Waals surface area contributed by atoms with Crippen LogP contribution in [0.4, 0.5) is 0 Å². The van der Waals surface area contributed by atoms with Crippen molar-refractivity contribution in [1.29, 1.82) is 0 Å². The Balaban J connectivity index is 1.65. The molecule has 0 bridgehead atoms. The van der Waals surface area contributed by atoms with E-state index in [1.165, 1.54) is 4.90 Å². The van der Waals surface area contributed by atoms with E-state index >= 15 is 0 Å². The number of unbranched alkanes of at least 4 members (excludes halogenated alkanes) is 2. The summed E-state index contributed by atoms with van der Waals surface area (Å²) in [6.07, 6.45) is 5.28. The van der Waals surface area contributed by atoms with Gasteiger partial charge in [-0.1, -0.05) is 66.8 Å². The van der Waals surface area contributed by atoms with Crippen molar-refractivity contribution in [3.8, 4) is 0 Å². The molecule has 0 spiro atoms. The zero-order chi connectivity index (χ0) is 23.3. The van der Waals surface area contributed by atoms with Gasteiger partial charge in [-0.05, 0) is 37.0 Å². The van der Waals surface area contributed by atoms with Crippen LogP contribution in [0, 0.1) is 0 Å². The third-order valence-electron chi connectivity index (χ3n) is 5.18. The average molecular weight is 473 g/mol. The highest BCUT2D eigenvalue weighted by Crippen LogP contribution is 2.36.